The Labute approximate surface area is 138 Å². The first-order valence-corrected chi connectivity index (χ1v) is 7.44. The Morgan fingerprint density at radius 2 is 2.08 bits per heavy atom. The van der Waals surface area contributed by atoms with Crippen LogP contribution in [0.2, 0.25) is 0 Å². The molecule has 0 aliphatic heterocycles. The van der Waals surface area contributed by atoms with Crippen LogP contribution in [0.4, 0.5) is 17.3 Å². The molecular weight excluding hydrogens is 302 g/mol. The number of anilines is 3. The molecule has 24 heavy (non-hydrogen) atoms. The van der Waals surface area contributed by atoms with Crippen molar-refractivity contribution >= 4 is 28.1 Å². The summed E-state index contributed by atoms with van der Waals surface area (Å²) in [7, 11) is 0. The Morgan fingerprint density at radius 1 is 1.17 bits per heavy atom. The molecule has 0 saturated heterocycles. The van der Waals surface area contributed by atoms with Crippen LogP contribution in [0.1, 0.15) is 5.56 Å². The molecule has 0 saturated carbocycles. The van der Waals surface area contributed by atoms with Gasteiger partial charge in [-0.2, -0.15) is 5.10 Å². The fraction of sp³-hybridized carbons (Fsp3) is 0.0588. The zero-order chi connectivity index (χ0) is 16.5. The van der Waals surface area contributed by atoms with Gasteiger partial charge in [0.1, 0.15) is 11.6 Å². The summed E-state index contributed by atoms with van der Waals surface area (Å²) in [5, 5.41) is 11.6. The molecule has 7 heteroatoms. The van der Waals surface area contributed by atoms with Gasteiger partial charge in [0.25, 0.3) is 0 Å². The molecule has 0 atom stereocenters. The fourth-order valence-corrected chi connectivity index (χ4v) is 2.58. The molecule has 0 fully saturated rings. The zero-order valence-electron chi connectivity index (χ0n) is 13.0. The van der Waals surface area contributed by atoms with Gasteiger partial charge in [0, 0.05) is 35.7 Å². The van der Waals surface area contributed by atoms with E-state index in [1.54, 1.807) is 31.0 Å². The molecule has 0 aliphatic rings. The number of nitrogens with zero attached hydrogens (tertiary/aromatic N) is 4. The van der Waals surface area contributed by atoms with E-state index in [1.165, 1.54) is 0 Å². The Hall–Kier alpha value is -3.48. The lowest BCUT2D eigenvalue weighted by atomic mass is 10.1. The summed E-state index contributed by atoms with van der Waals surface area (Å²) >= 11 is 0. The highest BCUT2D eigenvalue weighted by Crippen LogP contribution is 2.29. The number of H-pyrrole nitrogens is 1. The van der Waals surface area contributed by atoms with Gasteiger partial charge in [-0.3, -0.25) is 10.1 Å². The van der Waals surface area contributed by atoms with Crippen molar-refractivity contribution < 1.29 is 0 Å². The molecule has 4 aromatic heterocycles. The third-order valence-corrected chi connectivity index (χ3v) is 3.83. The third kappa shape index (κ3) is 2.52. The van der Waals surface area contributed by atoms with E-state index >= 15 is 0 Å². The summed E-state index contributed by atoms with van der Waals surface area (Å²) in [6.07, 6.45) is 8.74. The largest absolute Gasteiger partial charge is 0.383 e. The second-order valence-electron chi connectivity index (χ2n) is 5.49. The van der Waals surface area contributed by atoms with Crippen molar-refractivity contribution in [3.63, 3.8) is 0 Å². The Morgan fingerprint density at radius 3 is 2.88 bits per heavy atom. The third-order valence-electron chi connectivity index (χ3n) is 3.83. The zero-order valence-corrected chi connectivity index (χ0v) is 13.0. The number of nitrogens with two attached hydrogens (primary N) is 1. The van der Waals surface area contributed by atoms with Gasteiger partial charge in [0.15, 0.2) is 0 Å². The molecule has 4 heterocycles. The highest BCUT2D eigenvalue weighted by molar-refractivity contribution is 5.94. The van der Waals surface area contributed by atoms with E-state index in [-0.39, 0.29) is 0 Å². The van der Waals surface area contributed by atoms with E-state index in [9.17, 15) is 0 Å². The first-order valence-electron chi connectivity index (χ1n) is 7.44. The van der Waals surface area contributed by atoms with E-state index in [0.29, 0.717) is 11.6 Å². The van der Waals surface area contributed by atoms with Crippen molar-refractivity contribution in [1.82, 2.24) is 25.1 Å². The minimum atomic E-state index is 0.452. The minimum absolute atomic E-state index is 0.452. The summed E-state index contributed by atoms with van der Waals surface area (Å²) in [6.45, 7) is 2.03. The number of aromatic nitrogens is 5. The minimum Gasteiger partial charge on any atom is -0.383 e. The molecule has 0 radical (unpaired) electrons. The molecule has 4 aromatic rings. The quantitative estimate of drug-likeness (QED) is 0.536. The number of nitrogens with one attached hydrogen (secondary N) is 2. The van der Waals surface area contributed by atoms with Crippen LogP contribution in [-0.4, -0.2) is 25.1 Å². The van der Waals surface area contributed by atoms with Gasteiger partial charge in [0.2, 0.25) is 0 Å². The van der Waals surface area contributed by atoms with E-state index in [0.717, 1.165) is 33.3 Å². The van der Waals surface area contributed by atoms with Gasteiger partial charge in [-0.15, -0.1) is 0 Å². The summed E-state index contributed by atoms with van der Waals surface area (Å²) in [4.78, 5) is 13.1. The average molecular weight is 317 g/mol. The molecule has 4 N–H and O–H groups in total. The second-order valence-corrected chi connectivity index (χ2v) is 5.49. The maximum absolute atomic E-state index is 6.12. The maximum Gasteiger partial charge on any atom is 0.133 e. The van der Waals surface area contributed by atoms with Crippen LogP contribution in [0.3, 0.4) is 0 Å². The number of hydrogen-bond donors (Lipinski definition) is 3. The van der Waals surface area contributed by atoms with Crippen LogP contribution in [-0.2, 0) is 0 Å². The predicted molar refractivity (Wildman–Crippen MR) is 93.8 cm³/mol. The summed E-state index contributed by atoms with van der Waals surface area (Å²) in [5.41, 5.74) is 9.83. The molecule has 0 spiro atoms. The van der Waals surface area contributed by atoms with Gasteiger partial charge in [-0.25, -0.2) is 9.97 Å². The smallest absolute Gasteiger partial charge is 0.133 e. The summed E-state index contributed by atoms with van der Waals surface area (Å²) in [6, 6.07) is 5.89. The molecule has 7 nitrogen and oxygen atoms in total. The van der Waals surface area contributed by atoms with Crippen molar-refractivity contribution in [1.29, 1.82) is 0 Å². The van der Waals surface area contributed by atoms with Crippen molar-refractivity contribution in [2.45, 2.75) is 6.92 Å². The molecule has 0 aromatic carbocycles. The van der Waals surface area contributed by atoms with Crippen molar-refractivity contribution in [2.24, 2.45) is 0 Å². The number of hydrogen-bond acceptors (Lipinski definition) is 6. The van der Waals surface area contributed by atoms with Crippen molar-refractivity contribution in [3.8, 4) is 11.3 Å². The predicted octanol–water partition coefficient (Wildman–Crippen LogP) is 3.05. The lowest BCUT2D eigenvalue weighted by Crippen LogP contribution is -1.98. The number of aromatic amines is 1. The average Bonchev–Trinajstić information content (AvgIpc) is 3.08. The fourth-order valence-electron chi connectivity index (χ4n) is 2.58. The first-order chi connectivity index (χ1) is 11.7. The van der Waals surface area contributed by atoms with E-state index in [2.05, 4.69) is 30.5 Å². The van der Waals surface area contributed by atoms with Crippen LogP contribution < -0.4 is 11.1 Å². The topological polar surface area (TPSA) is 105 Å². The van der Waals surface area contributed by atoms with Crippen LogP contribution in [0, 0.1) is 6.92 Å². The van der Waals surface area contributed by atoms with Gasteiger partial charge < -0.3 is 11.1 Å². The van der Waals surface area contributed by atoms with Crippen LogP contribution >= 0.6 is 0 Å². The van der Waals surface area contributed by atoms with Gasteiger partial charge in [-0.1, -0.05) is 0 Å². The SMILES string of the molecule is Cc1ccncc1-c1cc2cc(Nc3cn[nH]c3)ncc2c(N)n1. The normalized spacial score (nSPS) is 10.9. The highest BCUT2D eigenvalue weighted by Gasteiger charge is 2.09. The number of fused-ring (bicyclic) bond motifs is 1. The van der Waals surface area contributed by atoms with Gasteiger partial charge >= 0.3 is 0 Å². The lowest BCUT2D eigenvalue weighted by Gasteiger charge is -2.09. The van der Waals surface area contributed by atoms with Crippen molar-refractivity contribution in [3.05, 3.63) is 54.7 Å². The second kappa shape index (κ2) is 5.62. The highest BCUT2D eigenvalue weighted by atomic mass is 15.1. The van der Waals surface area contributed by atoms with E-state index in [1.807, 2.05) is 25.1 Å². The van der Waals surface area contributed by atoms with E-state index < -0.39 is 0 Å². The van der Waals surface area contributed by atoms with Crippen LogP contribution in [0.15, 0.2) is 49.2 Å². The summed E-state index contributed by atoms with van der Waals surface area (Å²) < 4.78 is 0. The van der Waals surface area contributed by atoms with E-state index in [4.69, 9.17) is 5.73 Å². The number of pyridine rings is 3. The van der Waals surface area contributed by atoms with Crippen molar-refractivity contribution in [2.75, 3.05) is 11.1 Å². The van der Waals surface area contributed by atoms with Gasteiger partial charge in [-0.05, 0) is 36.1 Å². The lowest BCUT2D eigenvalue weighted by molar-refractivity contribution is 1.09. The molecule has 4 rings (SSSR count). The number of nitrogen functional groups attached to an aromatic ring is 1. The Balaban J connectivity index is 1.82. The first kappa shape index (κ1) is 14.1. The maximum atomic E-state index is 6.12. The molecule has 0 bridgehead atoms. The summed E-state index contributed by atoms with van der Waals surface area (Å²) in [5.74, 6) is 1.16. The molecule has 0 unspecified atom stereocenters. The van der Waals surface area contributed by atoms with Crippen LogP contribution in [0.5, 0.6) is 0 Å². The van der Waals surface area contributed by atoms with Crippen LogP contribution in [0.25, 0.3) is 22.0 Å². The molecular formula is C17H15N7. The number of aryl methyl sites for hydroxylation is 1. The Bertz CT molecular complexity index is 1010. The standard InChI is InChI=1S/C17H15N7/c1-10-2-3-19-8-13(10)15-4-11-5-16(23-12-6-21-22-7-12)20-9-14(11)17(18)24-15/h2-9H,1H3,(H2,18,24)(H,20,23)(H,21,22). The molecule has 0 amide bonds. The molecule has 0 aliphatic carbocycles. The van der Waals surface area contributed by atoms with Gasteiger partial charge in [0.05, 0.1) is 17.6 Å². The number of rotatable bonds is 3. The molecule has 118 valence electrons. The monoisotopic (exact) mass is 317 g/mol. The Kier molecular flexibility index (Phi) is 3.31.